The molecule has 0 N–H and O–H groups in total. The molecule has 0 radical (unpaired) electrons. The lowest BCUT2D eigenvalue weighted by Crippen LogP contribution is -2.48. The number of rotatable bonds is 4. The zero-order valence-corrected chi connectivity index (χ0v) is 16.3. The number of aromatic nitrogens is 3. The van der Waals surface area contributed by atoms with Gasteiger partial charge in [-0.25, -0.2) is 18.1 Å². The maximum Gasteiger partial charge on any atom is 0.211 e. The standard InChI is InChI=1S/C15H19Cl2N5O2S/c1-11-18-15(12-3-4-13(16)14(17)9-12)22(19-11)10-20-5-7-21(8-6-20)25(2,23)24/h3-4,9H,5-8,10H2,1-2H3. The Balaban J connectivity index is 1.77. The predicted molar refractivity (Wildman–Crippen MR) is 98.2 cm³/mol. The molecule has 0 saturated carbocycles. The largest absolute Gasteiger partial charge is 0.282 e. The van der Waals surface area contributed by atoms with Crippen LogP contribution in [0.5, 0.6) is 0 Å². The molecule has 0 amide bonds. The minimum Gasteiger partial charge on any atom is -0.282 e. The van der Waals surface area contributed by atoms with Crippen LogP contribution in [0.15, 0.2) is 18.2 Å². The summed E-state index contributed by atoms with van der Waals surface area (Å²) in [5.41, 5.74) is 0.838. The molecule has 0 unspecified atom stereocenters. The summed E-state index contributed by atoms with van der Waals surface area (Å²) in [6, 6.07) is 5.36. The van der Waals surface area contributed by atoms with E-state index < -0.39 is 10.0 Å². The lowest BCUT2D eigenvalue weighted by atomic mass is 10.2. The average molecular weight is 404 g/mol. The third-order valence-corrected chi connectivity index (χ3v) is 6.13. The van der Waals surface area contributed by atoms with Gasteiger partial charge in [-0.3, -0.25) is 4.90 Å². The summed E-state index contributed by atoms with van der Waals surface area (Å²) in [4.78, 5) is 6.64. The van der Waals surface area contributed by atoms with Gasteiger partial charge in [0.1, 0.15) is 5.82 Å². The zero-order chi connectivity index (χ0) is 18.2. The van der Waals surface area contributed by atoms with Gasteiger partial charge in [0, 0.05) is 31.7 Å². The summed E-state index contributed by atoms with van der Waals surface area (Å²) >= 11 is 12.1. The monoisotopic (exact) mass is 403 g/mol. The Hall–Kier alpha value is -1.19. The van der Waals surface area contributed by atoms with E-state index in [1.54, 1.807) is 12.1 Å². The van der Waals surface area contributed by atoms with Crippen molar-refractivity contribution in [2.45, 2.75) is 13.6 Å². The highest BCUT2D eigenvalue weighted by atomic mass is 35.5. The van der Waals surface area contributed by atoms with Crippen molar-refractivity contribution < 1.29 is 8.42 Å². The molecule has 136 valence electrons. The second-order valence-corrected chi connectivity index (χ2v) is 8.83. The molecule has 2 heterocycles. The van der Waals surface area contributed by atoms with Gasteiger partial charge in [-0.2, -0.15) is 9.40 Å². The van der Waals surface area contributed by atoms with Crippen molar-refractivity contribution in [3.05, 3.63) is 34.1 Å². The lowest BCUT2D eigenvalue weighted by Gasteiger charge is -2.33. The second kappa shape index (κ2) is 7.20. The molecule has 0 aliphatic carbocycles. The lowest BCUT2D eigenvalue weighted by molar-refractivity contribution is 0.147. The fraction of sp³-hybridized carbons (Fsp3) is 0.467. The maximum absolute atomic E-state index is 11.6. The van der Waals surface area contributed by atoms with E-state index in [4.69, 9.17) is 23.2 Å². The van der Waals surface area contributed by atoms with Gasteiger partial charge in [-0.1, -0.05) is 23.2 Å². The molecular weight excluding hydrogens is 385 g/mol. The molecule has 1 fully saturated rings. The van der Waals surface area contributed by atoms with Crippen LogP contribution in [0.4, 0.5) is 0 Å². The van der Waals surface area contributed by atoms with E-state index in [9.17, 15) is 8.42 Å². The smallest absolute Gasteiger partial charge is 0.211 e. The van der Waals surface area contributed by atoms with E-state index >= 15 is 0 Å². The second-order valence-electron chi connectivity index (χ2n) is 6.03. The van der Waals surface area contributed by atoms with Gasteiger partial charge in [0.25, 0.3) is 0 Å². The molecule has 1 saturated heterocycles. The fourth-order valence-corrected chi connectivity index (χ4v) is 3.92. The number of nitrogens with zero attached hydrogens (tertiary/aromatic N) is 5. The van der Waals surface area contributed by atoms with Crippen LogP contribution in [0.2, 0.25) is 10.0 Å². The number of aryl methyl sites for hydroxylation is 1. The maximum atomic E-state index is 11.6. The van der Waals surface area contributed by atoms with E-state index in [1.807, 2.05) is 17.7 Å². The topological polar surface area (TPSA) is 71.3 Å². The van der Waals surface area contributed by atoms with Crippen molar-refractivity contribution in [1.82, 2.24) is 24.0 Å². The van der Waals surface area contributed by atoms with E-state index in [2.05, 4.69) is 15.0 Å². The van der Waals surface area contributed by atoms with Gasteiger partial charge in [0.15, 0.2) is 5.82 Å². The summed E-state index contributed by atoms with van der Waals surface area (Å²) < 4.78 is 26.5. The Kier molecular flexibility index (Phi) is 5.36. The van der Waals surface area contributed by atoms with E-state index in [1.165, 1.54) is 10.6 Å². The molecule has 2 aromatic rings. The van der Waals surface area contributed by atoms with E-state index in [0.717, 1.165) is 5.56 Å². The molecular formula is C15H19Cl2N5O2S. The summed E-state index contributed by atoms with van der Waals surface area (Å²) in [6.45, 7) is 4.62. The van der Waals surface area contributed by atoms with Crippen LogP contribution in [0.25, 0.3) is 11.4 Å². The van der Waals surface area contributed by atoms with Crippen LogP contribution in [0, 0.1) is 6.92 Å². The van der Waals surface area contributed by atoms with Crippen molar-refractivity contribution in [2.75, 3.05) is 32.4 Å². The van der Waals surface area contributed by atoms with Crippen LogP contribution >= 0.6 is 23.2 Å². The third kappa shape index (κ3) is 4.32. The van der Waals surface area contributed by atoms with Gasteiger partial charge in [-0.05, 0) is 25.1 Å². The number of sulfonamides is 1. The van der Waals surface area contributed by atoms with Gasteiger partial charge >= 0.3 is 0 Å². The Labute approximate surface area is 157 Å². The van der Waals surface area contributed by atoms with Crippen LogP contribution in [-0.4, -0.2) is 64.8 Å². The van der Waals surface area contributed by atoms with Crippen molar-refractivity contribution in [1.29, 1.82) is 0 Å². The third-order valence-electron chi connectivity index (χ3n) is 4.09. The molecule has 25 heavy (non-hydrogen) atoms. The first-order chi connectivity index (χ1) is 11.7. The van der Waals surface area contributed by atoms with Gasteiger partial charge in [0.05, 0.1) is 23.0 Å². The Bertz CT molecular complexity index is 876. The molecule has 1 aromatic heterocycles. The normalized spacial score (nSPS) is 17.1. The van der Waals surface area contributed by atoms with Crippen molar-refractivity contribution in [3.63, 3.8) is 0 Å². The van der Waals surface area contributed by atoms with Crippen molar-refractivity contribution >= 4 is 33.2 Å². The van der Waals surface area contributed by atoms with Gasteiger partial charge < -0.3 is 0 Å². The van der Waals surface area contributed by atoms with Gasteiger partial charge in [0.2, 0.25) is 10.0 Å². The molecule has 10 heteroatoms. The van der Waals surface area contributed by atoms with Crippen LogP contribution < -0.4 is 0 Å². The van der Waals surface area contributed by atoms with E-state index in [0.29, 0.717) is 54.5 Å². The molecule has 0 spiro atoms. The van der Waals surface area contributed by atoms with Crippen molar-refractivity contribution in [2.24, 2.45) is 0 Å². The Morgan fingerprint density at radius 3 is 2.40 bits per heavy atom. The van der Waals surface area contributed by atoms with Crippen LogP contribution in [0.3, 0.4) is 0 Å². The van der Waals surface area contributed by atoms with E-state index in [-0.39, 0.29) is 0 Å². The summed E-state index contributed by atoms with van der Waals surface area (Å²) in [7, 11) is -3.13. The molecule has 7 nitrogen and oxygen atoms in total. The minimum absolute atomic E-state index is 0.466. The SMILES string of the molecule is Cc1nc(-c2ccc(Cl)c(Cl)c2)n(CN2CCN(S(C)(=O)=O)CC2)n1. The Morgan fingerprint density at radius 2 is 1.80 bits per heavy atom. The Morgan fingerprint density at radius 1 is 1.12 bits per heavy atom. The molecule has 3 rings (SSSR count). The van der Waals surface area contributed by atoms with Crippen LogP contribution in [0.1, 0.15) is 5.82 Å². The predicted octanol–water partition coefficient (Wildman–Crippen LogP) is 2.10. The number of benzene rings is 1. The highest BCUT2D eigenvalue weighted by Gasteiger charge is 2.24. The molecule has 1 aromatic carbocycles. The number of piperazine rings is 1. The first kappa shape index (κ1) is 18.6. The summed E-state index contributed by atoms with van der Waals surface area (Å²) in [5, 5.41) is 5.41. The number of halogens is 2. The molecule has 1 aliphatic heterocycles. The average Bonchev–Trinajstić information content (AvgIpc) is 2.90. The first-order valence-corrected chi connectivity index (χ1v) is 10.4. The summed E-state index contributed by atoms with van der Waals surface area (Å²) in [6.07, 6.45) is 1.24. The van der Waals surface area contributed by atoms with Crippen molar-refractivity contribution in [3.8, 4) is 11.4 Å². The minimum atomic E-state index is -3.13. The fourth-order valence-electron chi connectivity index (χ4n) is 2.79. The molecule has 0 bridgehead atoms. The highest BCUT2D eigenvalue weighted by Crippen LogP contribution is 2.27. The van der Waals surface area contributed by atoms with Gasteiger partial charge in [-0.15, -0.1) is 0 Å². The number of hydrogen-bond donors (Lipinski definition) is 0. The van der Waals surface area contributed by atoms with Crippen LogP contribution in [-0.2, 0) is 16.7 Å². The molecule has 0 atom stereocenters. The zero-order valence-electron chi connectivity index (χ0n) is 14.0. The molecule has 1 aliphatic rings. The highest BCUT2D eigenvalue weighted by molar-refractivity contribution is 7.88. The summed E-state index contributed by atoms with van der Waals surface area (Å²) in [5.74, 6) is 1.37. The quantitative estimate of drug-likeness (QED) is 0.781. The first-order valence-electron chi connectivity index (χ1n) is 7.78. The number of hydrogen-bond acceptors (Lipinski definition) is 5.